The van der Waals surface area contributed by atoms with Gasteiger partial charge in [0.2, 0.25) is 5.91 Å². The number of aliphatic hydroxyl groups is 1. The zero-order valence-electron chi connectivity index (χ0n) is 25.8. The number of urea groups is 1. The Morgan fingerprint density at radius 3 is 2.24 bits per heavy atom. The largest absolute Gasteiger partial charge is 0.408 e. The highest BCUT2D eigenvalue weighted by atomic mass is 19.4. The second-order valence-corrected chi connectivity index (χ2v) is 11.3. The normalized spacial score (nSPS) is 17.7. The van der Waals surface area contributed by atoms with Crippen LogP contribution in [-0.2, 0) is 19.2 Å². The zero-order chi connectivity index (χ0) is 33.7. The van der Waals surface area contributed by atoms with E-state index in [1.165, 1.54) is 13.8 Å². The van der Waals surface area contributed by atoms with Crippen molar-refractivity contribution in [2.75, 3.05) is 19.7 Å². The van der Waals surface area contributed by atoms with Crippen LogP contribution in [0.4, 0.5) is 18.0 Å². The smallest absolute Gasteiger partial charge is 0.392 e. The van der Waals surface area contributed by atoms with Crippen LogP contribution in [0, 0.1) is 5.92 Å². The molecular weight excluding hydrogens is 597 g/mol. The molecule has 3 atom stereocenters. The molecule has 0 aromatic heterocycles. The number of nitrogens with zero attached hydrogens (tertiary/aromatic N) is 1. The van der Waals surface area contributed by atoms with Gasteiger partial charge in [0.25, 0.3) is 17.7 Å². The molecule has 0 radical (unpaired) electrons. The van der Waals surface area contributed by atoms with E-state index in [0.29, 0.717) is 25.0 Å². The molecule has 0 fully saturated rings. The molecule has 1 aliphatic heterocycles. The number of carbonyl (C=O) groups excluding carboxylic acids is 5. The van der Waals surface area contributed by atoms with E-state index in [-0.39, 0.29) is 62.6 Å². The molecule has 0 saturated heterocycles. The van der Waals surface area contributed by atoms with Gasteiger partial charge in [-0.1, -0.05) is 25.8 Å². The van der Waals surface area contributed by atoms with Crippen LogP contribution in [-0.4, -0.2) is 77.6 Å². The van der Waals surface area contributed by atoms with E-state index >= 15 is 0 Å². The molecule has 0 bridgehead atoms. The maximum absolute atomic E-state index is 14.0. The summed E-state index contributed by atoms with van der Waals surface area (Å²) in [4.78, 5) is 62.0. The Hall–Kier alpha value is -4.14. The fourth-order valence-corrected chi connectivity index (χ4v) is 4.85. The van der Waals surface area contributed by atoms with Crippen LogP contribution in [0.15, 0.2) is 46.8 Å². The minimum atomic E-state index is -4.70. The number of rotatable bonds is 17. The zero-order valence-corrected chi connectivity index (χ0v) is 25.8. The summed E-state index contributed by atoms with van der Waals surface area (Å²) in [6, 6.07) is -4.00. The second kappa shape index (κ2) is 17.4. The number of unbranched alkanes of at least 4 members (excludes halogenated alkanes) is 2. The average molecular weight is 641 g/mol. The van der Waals surface area contributed by atoms with E-state index in [1.54, 1.807) is 12.2 Å². The van der Waals surface area contributed by atoms with Crippen molar-refractivity contribution in [3.05, 3.63) is 46.8 Å². The third-order valence-corrected chi connectivity index (χ3v) is 7.37. The van der Waals surface area contributed by atoms with Gasteiger partial charge in [-0.05, 0) is 63.2 Å². The number of nitrogens with two attached hydrogens (primary N) is 1. The van der Waals surface area contributed by atoms with Gasteiger partial charge >= 0.3 is 12.2 Å². The van der Waals surface area contributed by atoms with Crippen LogP contribution in [0.1, 0.15) is 65.7 Å². The van der Waals surface area contributed by atoms with Crippen molar-refractivity contribution in [3.63, 3.8) is 0 Å². The maximum Gasteiger partial charge on any atom is 0.408 e. The second-order valence-electron chi connectivity index (χ2n) is 11.3. The fourth-order valence-electron chi connectivity index (χ4n) is 4.85. The Balaban J connectivity index is 2.09. The Labute approximate surface area is 260 Å². The summed E-state index contributed by atoms with van der Waals surface area (Å²) in [6.07, 6.45) is 2.09. The first-order chi connectivity index (χ1) is 21.1. The first-order valence-corrected chi connectivity index (χ1v) is 14.8. The van der Waals surface area contributed by atoms with Gasteiger partial charge in [0.1, 0.15) is 12.1 Å². The molecule has 0 spiro atoms. The van der Waals surface area contributed by atoms with Gasteiger partial charge in [0.15, 0.2) is 0 Å². The summed E-state index contributed by atoms with van der Waals surface area (Å²) in [7, 11) is 0. The van der Waals surface area contributed by atoms with Crippen molar-refractivity contribution in [2.24, 2.45) is 11.7 Å². The predicted octanol–water partition coefficient (Wildman–Crippen LogP) is 2.18. The molecule has 12 nitrogen and oxygen atoms in total. The molecule has 0 saturated carbocycles. The molecule has 250 valence electrons. The van der Waals surface area contributed by atoms with Crippen molar-refractivity contribution >= 4 is 29.7 Å². The van der Waals surface area contributed by atoms with Crippen molar-refractivity contribution in [3.8, 4) is 0 Å². The molecule has 2 rings (SSSR count). The number of primary amides is 1. The molecule has 2 aliphatic rings. The number of hydrogen-bond acceptors (Lipinski definition) is 7. The summed E-state index contributed by atoms with van der Waals surface area (Å²) >= 11 is 0. The minimum absolute atomic E-state index is 0.0491. The molecule has 1 heterocycles. The standard InChI is InChI=1S/C30H43F3N6O6/c1-18(2)26(38-23(30(31,32)33)9-5-4-6-15-39-24(41)12-13-25(39)42)28(44)37-22(8-7-14-35-29(34)45)27(43)36-21-11-10-20(17-40)16-19(21)3/h10-13,19,22-23,38,40H,4-9,14-17H2,1-3H3,(H,36,43)(H,37,44)(H3,34,35,45)/t19?,22-,23-/m0/s1. The van der Waals surface area contributed by atoms with E-state index in [2.05, 4.69) is 21.3 Å². The van der Waals surface area contributed by atoms with Crippen LogP contribution in [0.5, 0.6) is 0 Å². The summed E-state index contributed by atoms with van der Waals surface area (Å²) in [5.74, 6) is -2.54. The van der Waals surface area contributed by atoms with Crippen molar-refractivity contribution in [2.45, 2.75) is 84.0 Å². The van der Waals surface area contributed by atoms with E-state index in [4.69, 9.17) is 5.73 Å². The van der Waals surface area contributed by atoms with Crippen LogP contribution in [0.3, 0.4) is 0 Å². The quantitative estimate of drug-likeness (QED) is 0.0800. The lowest BCUT2D eigenvalue weighted by Crippen LogP contribution is -2.51. The lowest BCUT2D eigenvalue weighted by molar-refractivity contribution is -0.156. The number of halogens is 3. The summed E-state index contributed by atoms with van der Waals surface area (Å²) in [5, 5.41) is 19.4. The third kappa shape index (κ3) is 12.0. The lowest BCUT2D eigenvalue weighted by atomic mass is 9.93. The number of aliphatic hydroxyl groups excluding tert-OH is 1. The molecular formula is C30H43F3N6O6. The van der Waals surface area contributed by atoms with Crippen molar-refractivity contribution < 1.29 is 42.3 Å². The Morgan fingerprint density at radius 1 is 1.02 bits per heavy atom. The van der Waals surface area contributed by atoms with E-state index in [0.717, 1.165) is 22.6 Å². The number of nitrogens with one attached hydrogen (secondary N) is 4. The Bertz CT molecular complexity index is 1220. The number of alkyl halides is 3. The third-order valence-electron chi connectivity index (χ3n) is 7.37. The molecule has 6 amide bonds. The van der Waals surface area contributed by atoms with Crippen molar-refractivity contribution in [1.29, 1.82) is 0 Å². The lowest BCUT2D eigenvalue weighted by Gasteiger charge is -2.27. The maximum atomic E-state index is 14.0. The first-order valence-electron chi connectivity index (χ1n) is 14.8. The van der Waals surface area contributed by atoms with E-state index < -0.39 is 47.9 Å². The van der Waals surface area contributed by atoms with E-state index in [1.807, 2.05) is 6.92 Å². The summed E-state index contributed by atoms with van der Waals surface area (Å²) in [6.45, 7) is 4.88. The van der Waals surface area contributed by atoms with Gasteiger partial charge in [-0.2, -0.15) is 13.2 Å². The van der Waals surface area contributed by atoms with Gasteiger partial charge in [0.05, 0.1) is 12.3 Å². The Morgan fingerprint density at radius 2 is 1.69 bits per heavy atom. The molecule has 0 aromatic rings. The fraction of sp³-hybridized carbons (Fsp3) is 0.567. The van der Waals surface area contributed by atoms with Gasteiger partial charge < -0.3 is 32.1 Å². The number of hydrogen-bond donors (Lipinski definition) is 6. The molecule has 7 N–H and O–H groups in total. The van der Waals surface area contributed by atoms with Gasteiger partial charge in [0, 0.05) is 36.9 Å². The topological polar surface area (TPSA) is 183 Å². The SMILES string of the molecule is CC(C)=C(N[C@@H](CCCCCN1C(=O)C=CC1=O)C(F)(F)F)C(=O)N[C@@H](CCCNC(N)=O)C(=O)NC1=CC=C(CO)CC1C. The van der Waals surface area contributed by atoms with Gasteiger partial charge in [-0.3, -0.25) is 24.1 Å². The van der Waals surface area contributed by atoms with Crippen molar-refractivity contribution in [1.82, 2.24) is 26.2 Å². The number of imide groups is 1. The molecule has 45 heavy (non-hydrogen) atoms. The van der Waals surface area contributed by atoms with Crippen LogP contribution in [0.25, 0.3) is 0 Å². The number of allylic oxidation sites excluding steroid dienone is 4. The average Bonchev–Trinajstić information content (AvgIpc) is 3.28. The molecule has 0 aromatic carbocycles. The monoisotopic (exact) mass is 640 g/mol. The molecule has 1 aliphatic carbocycles. The first kappa shape index (κ1) is 37.0. The highest BCUT2D eigenvalue weighted by Crippen LogP contribution is 2.26. The number of carbonyl (C=O) groups is 5. The van der Waals surface area contributed by atoms with Gasteiger partial charge in [-0.25, -0.2) is 4.79 Å². The summed E-state index contributed by atoms with van der Waals surface area (Å²) < 4.78 is 42.1. The highest BCUT2D eigenvalue weighted by Gasteiger charge is 2.40. The Kier molecular flexibility index (Phi) is 14.3. The van der Waals surface area contributed by atoms with Crippen LogP contribution >= 0.6 is 0 Å². The van der Waals surface area contributed by atoms with Crippen LogP contribution in [0.2, 0.25) is 0 Å². The summed E-state index contributed by atoms with van der Waals surface area (Å²) in [5.41, 5.74) is 6.37. The predicted molar refractivity (Wildman–Crippen MR) is 160 cm³/mol. The van der Waals surface area contributed by atoms with E-state index in [9.17, 15) is 42.3 Å². The highest BCUT2D eigenvalue weighted by molar-refractivity contribution is 6.12. The van der Waals surface area contributed by atoms with Gasteiger partial charge in [-0.15, -0.1) is 0 Å². The minimum Gasteiger partial charge on any atom is -0.392 e. The molecule has 15 heteroatoms. The number of amides is 6. The van der Waals surface area contributed by atoms with Crippen LogP contribution < -0.4 is 27.0 Å². The molecule has 1 unspecified atom stereocenters.